The van der Waals surface area contributed by atoms with Crippen molar-refractivity contribution < 1.29 is 5.11 Å². The van der Waals surface area contributed by atoms with Crippen molar-refractivity contribution >= 4 is 11.0 Å². The molecular weight excluding hydrogens is 178 g/mol. The minimum atomic E-state index is -0.772. The highest BCUT2D eigenvalue weighted by Crippen LogP contribution is 2.18. The number of fused-ring (bicyclic) bond motifs is 1. The van der Waals surface area contributed by atoms with Gasteiger partial charge in [0.2, 0.25) is 0 Å². The van der Waals surface area contributed by atoms with Gasteiger partial charge in [0, 0.05) is 6.20 Å². The van der Waals surface area contributed by atoms with Crippen LogP contribution < -0.4 is 5.73 Å². The van der Waals surface area contributed by atoms with Crippen LogP contribution in [0, 0.1) is 0 Å². The smallest absolute Gasteiger partial charge is 0.0882 e. The highest BCUT2D eigenvalue weighted by molar-refractivity contribution is 5.74. The first kappa shape index (κ1) is 9.18. The number of aliphatic hydroxyl groups excluding tert-OH is 1. The lowest BCUT2D eigenvalue weighted by Crippen LogP contribution is -2.37. The first-order chi connectivity index (χ1) is 6.63. The third-order valence-electron chi connectivity index (χ3n) is 2.32. The highest BCUT2D eigenvalue weighted by Gasteiger charge is 2.21. The van der Waals surface area contributed by atoms with Crippen LogP contribution in [0.4, 0.5) is 0 Å². The Morgan fingerprint density at radius 2 is 2.29 bits per heavy atom. The van der Waals surface area contributed by atoms with E-state index in [-0.39, 0.29) is 6.61 Å². The maximum atomic E-state index is 9.10. The Morgan fingerprint density at radius 1 is 1.50 bits per heavy atom. The van der Waals surface area contributed by atoms with Crippen LogP contribution in [-0.4, -0.2) is 21.7 Å². The van der Waals surface area contributed by atoms with E-state index in [1.165, 1.54) is 0 Å². The predicted molar refractivity (Wildman–Crippen MR) is 54.7 cm³/mol. The monoisotopic (exact) mass is 191 g/mol. The van der Waals surface area contributed by atoms with Crippen LogP contribution in [0.25, 0.3) is 11.0 Å². The largest absolute Gasteiger partial charge is 0.394 e. The minimum Gasteiger partial charge on any atom is -0.394 e. The number of rotatable bonds is 2. The Balaban J connectivity index is 2.53. The normalized spacial score (nSPS) is 15.6. The van der Waals surface area contributed by atoms with E-state index < -0.39 is 5.54 Å². The Hall–Kier alpha value is -1.39. The zero-order valence-corrected chi connectivity index (χ0v) is 7.99. The van der Waals surface area contributed by atoms with Crippen LogP contribution in [0.15, 0.2) is 24.4 Å². The second kappa shape index (κ2) is 3.08. The van der Waals surface area contributed by atoms with E-state index in [0.717, 1.165) is 11.0 Å². The molecule has 0 saturated carbocycles. The molecule has 4 N–H and O–H groups in total. The van der Waals surface area contributed by atoms with E-state index in [1.54, 1.807) is 6.92 Å². The van der Waals surface area contributed by atoms with Gasteiger partial charge in [0.25, 0.3) is 0 Å². The third kappa shape index (κ3) is 1.38. The van der Waals surface area contributed by atoms with Gasteiger partial charge in [-0.2, -0.15) is 0 Å². The van der Waals surface area contributed by atoms with E-state index in [9.17, 15) is 0 Å². The average molecular weight is 191 g/mol. The lowest BCUT2D eigenvalue weighted by Gasteiger charge is -2.20. The molecule has 2 heterocycles. The molecule has 0 radical (unpaired) electrons. The van der Waals surface area contributed by atoms with Crippen LogP contribution >= 0.6 is 0 Å². The molecule has 4 heteroatoms. The number of hydrogen-bond donors (Lipinski definition) is 3. The second-order valence-electron chi connectivity index (χ2n) is 3.68. The number of aliphatic hydroxyl groups is 1. The number of pyridine rings is 1. The fraction of sp³-hybridized carbons (Fsp3) is 0.300. The first-order valence-corrected chi connectivity index (χ1v) is 4.48. The number of nitrogens with one attached hydrogen (secondary N) is 1. The van der Waals surface area contributed by atoms with Crippen molar-refractivity contribution in [3.63, 3.8) is 0 Å². The summed E-state index contributed by atoms with van der Waals surface area (Å²) in [5.74, 6) is 0. The van der Waals surface area contributed by atoms with Gasteiger partial charge in [-0.25, -0.2) is 4.98 Å². The Bertz CT molecular complexity index is 447. The van der Waals surface area contributed by atoms with E-state index in [2.05, 4.69) is 9.97 Å². The Labute approximate surface area is 81.8 Å². The molecule has 2 rings (SSSR count). The molecule has 1 atom stereocenters. The van der Waals surface area contributed by atoms with Gasteiger partial charge in [-0.3, -0.25) is 0 Å². The van der Waals surface area contributed by atoms with Crippen LogP contribution in [0.1, 0.15) is 12.6 Å². The summed E-state index contributed by atoms with van der Waals surface area (Å²) in [4.78, 5) is 7.41. The van der Waals surface area contributed by atoms with Crippen molar-refractivity contribution in [3.8, 4) is 0 Å². The standard InChI is InChI=1S/C10H13N3O/c1-10(11,6-14)9-3-2-7-8(13-9)4-5-12-7/h2-5,12,14H,6,11H2,1H3/t10-/m1/s1. The molecule has 0 unspecified atom stereocenters. The summed E-state index contributed by atoms with van der Waals surface area (Å²) < 4.78 is 0. The van der Waals surface area contributed by atoms with Crippen molar-refractivity contribution in [3.05, 3.63) is 30.1 Å². The average Bonchev–Trinajstić information content (AvgIpc) is 2.64. The van der Waals surface area contributed by atoms with Gasteiger partial charge in [-0.1, -0.05) is 0 Å². The quantitative estimate of drug-likeness (QED) is 0.655. The van der Waals surface area contributed by atoms with Crippen molar-refractivity contribution in [1.82, 2.24) is 9.97 Å². The van der Waals surface area contributed by atoms with Gasteiger partial charge >= 0.3 is 0 Å². The molecular formula is C10H13N3O. The van der Waals surface area contributed by atoms with Crippen molar-refractivity contribution in [2.24, 2.45) is 5.73 Å². The number of hydrogen-bond acceptors (Lipinski definition) is 3. The predicted octanol–water partition coefficient (Wildman–Crippen LogP) is 0.729. The molecule has 74 valence electrons. The lowest BCUT2D eigenvalue weighted by atomic mass is 10.00. The number of aromatic amines is 1. The molecule has 0 aliphatic heterocycles. The minimum absolute atomic E-state index is 0.115. The summed E-state index contributed by atoms with van der Waals surface area (Å²) in [7, 11) is 0. The van der Waals surface area contributed by atoms with Crippen molar-refractivity contribution in [2.45, 2.75) is 12.5 Å². The molecule has 2 aromatic rings. The lowest BCUT2D eigenvalue weighted by molar-refractivity contribution is 0.207. The van der Waals surface area contributed by atoms with E-state index in [1.807, 2.05) is 24.4 Å². The van der Waals surface area contributed by atoms with E-state index in [4.69, 9.17) is 10.8 Å². The number of nitrogens with two attached hydrogens (primary N) is 1. The molecule has 0 bridgehead atoms. The Morgan fingerprint density at radius 3 is 3.00 bits per heavy atom. The molecule has 0 aromatic carbocycles. The van der Waals surface area contributed by atoms with Gasteiger partial charge in [0.1, 0.15) is 0 Å². The fourth-order valence-corrected chi connectivity index (χ4v) is 1.33. The van der Waals surface area contributed by atoms with Crippen molar-refractivity contribution in [2.75, 3.05) is 6.61 Å². The van der Waals surface area contributed by atoms with E-state index >= 15 is 0 Å². The van der Waals surface area contributed by atoms with Gasteiger partial charge in [-0.15, -0.1) is 0 Å². The van der Waals surface area contributed by atoms with Gasteiger partial charge in [0.15, 0.2) is 0 Å². The summed E-state index contributed by atoms with van der Waals surface area (Å²) in [5.41, 5.74) is 7.65. The summed E-state index contributed by atoms with van der Waals surface area (Å²) in [6, 6.07) is 5.62. The zero-order chi connectivity index (χ0) is 10.2. The van der Waals surface area contributed by atoms with Gasteiger partial charge in [-0.05, 0) is 25.1 Å². The number of nitrogens with zero attached hydrogens (tertiary/aromatic N) is 1. The third-order valence-corrected chi connectivity index (χ3v) is 2.32. The molecule has 2 aromatic heterocycles. The van der Waals surface area contributed by atoms with Crippen LogP contribution in [-0.2, 0) is 5.54 Å². The first-order valence-electron chi connectivity index (χ1n) is 4.48. The molecule has 0 saturated heterocycles. The zero-order valence-electron chi connectivity index (χ0n) is 7.99. The summed E-state index contributed by atoms with van der Waals surface area (Å²) >= 11 is 0. The SMILES string of the molecule is C[C@@](N)(CO)c1ccc2[nH]ccc2n1. The fourth-order valence-electron chi connectivity index (χ4n) is 1.33. The molecule has 14 heavy (non-hydrogen) atoms. The van der Waals surface area contributed by atoms with Crippen LogP contribution in [0.2, 0.25) is 0 Å². The molecule has 0 aliphatic rings. The van der Waals surface area contributed by atoms with E-state index in [0.29, 0.717) is 5.69 Å². The number of aromatic nitrogens is 2. The Kier molecular flexibility index (Phi) is 2.02. The summed E-state index contributed by atoms with van der Waals surface area (Å²) in [5, 5.41) is 9.10. The molecule has 0 fully saturated rings. The number of H-pyrrole nitrogens is 1. The van der Waals surface area contributed by atoms with Crippen LogP contribution in [0.5, 0.6) is 0 Å². The summed E-state index contributed by atoms with van der Waals surface area (Å²) in [6.07, 6.45) is 1.83. The topological polar surface area (TPSA) is 74.9 Å². The summed E-state index contributed by atoms with van der Waals surface area (Å²) in [6.45, 7) is 1.64. The molecule has 0 spiro atoms. The molecule has 0 aliphatic carbocycles. The van der Waals surface area contributed by atoms with Crippen molar-refractivity contribution in [1.29, 1.82) is 0 Å². The maximum absolute atomic E-state index is 9.10. The highest BCUT2D eigenvalue weighted by atomic mass is 16.3. The van der Waals surface area contributed by atoms with Crippen LogP contribution in [0.3, 0.4) is 0 Å². The molecule has 4 nitrogen and oxygen atoms in total. The maximum Gasteiger partial charge on any atom is 0.0882 e. The van der Waals surface area contributed by atoms with Gasteiger partial charge < -0.3 is 15.8 Å². The van der Waals surface area contributed by atoms with Gasteiger partial charge in [0.05, 0.1) is 28.9 Å². The molecule has 0 amide bonds. The second-order valence-corrected chi connectivity index (χ2v) is 3.68.